The van der Waals surface area contributed by atoms with Crippen LogP contribution in [0, 0.1) is 0 Å². The summed E-state index contributed by atoms with van der Waals surface area (Å²) >= 11 is 0. The van der Waals surface area contributed by atoms with Gasteiger partial charge in [0, 0.05) is 18.3 Å². The van der Waals surface area contributed by atoms with E-state index in [1.807, 2.05) is 30.3 Å². The zero-order valence-corrected chi connectivity index (χ0v) is 24.5. The van der Waals surface area contributed by atoms with Crippen LogP contribution in [0.15, 0.2) is 91.0 Å². The largest absolute Gasteiger partial charge is 0.493 e. The smallest absolute Gasteiger partial charge is 0.299 e. The fraction of sp³-hybridized carbons (Fsp3) is 0.176. The average Bonchev–Trinajstić information content (AvgIpc) is 3.63. The second-order valence-corrected chi connectivity index (χ2v) is 10.3. The van der Waals surface area contributed by atoms with Gasteiger partial charge in [0.05, 0.1) is 25.5 Å². The summed E-state index contributed by atoms with van der Waals surface area (Å²) in [6.07, 6.45) is 0. The molecule has 0 fully saturated rings. The van der Waals surface area contributed by atoms with Crippen LogP contribution < -0.4 is 29.2 Å². The topological polar surface area (TPSA) is 124 Å². The van der Waals surface area contributed by atoms with Crippen molar-refractivity contribution in [3.05, 3.63) is 108 Å². The van der Waals surface area contributed by atoms with Crippen molar-refractivity contribution in [1.82, 2.24) is 4.90 Å². The maximum Gasteiger partial charge on any atom is 0.299 e. The SMILES string of the molecule is COc1ccc(C(C(=O)Nc2ccc3c(c2)OCO3)N(Cc2ccccc2)C(=O)CN2C(=O)C(=O)c3ccccc32)cc1OC. The predicted molar refractivity (Wildman–Crippen MR) is 164 cm³/mol. The molecule has 228 valence electrons. The third-order valence-electron chi connectivity index (χ3n) is 7.61. The Labute approximate surface area is 258 Å². The summed E-state index contributed by atoms with van der Waals surface area (Å²) in [4.78, 5) is 56.8. The molecule has 3 amide bonds. The van der Waals surface area contributed by atoms with Gasteiger partial charge in [-0.2, -0.15) is 0 Å². The minimum atomic E-state index is -1.20. The zero-order chi connectivity index (χ0) is 31.5. The molecule has 0 aliphatic carbocycles. The highest BCUT2D eigenvalue weighted by Gasteiger charge is 2.39. The third-order valence-corrected chi connectivity index (χ3v) is 7.61. The van der Waals surface area contributed by atoms with Crippen molar-refractivity contribution in [3.8, 4) is 23.0 Å². The number of rotatable bonds is 10. The van der Waals surface area contributed by atoms with Crippen molar-refractivity contribution >= 4 is 34.9 Å². The molecule has 1 atom stereocenters. The first kappa shape index (κ1) is 29.2. The Balaban J connectivity index is 1.41. The summed E-state index contributed by atoms with van der Waals surface area (Å²) in [6, 6.07) is 24.4. The van der Waals surface area contributed by atoms with Crippen LogP contribution in [0.25, 0.3) is 0 Å². The van der Waals surface area contributed by atoms with E-state index >= 15 is 0 Å². The number of ketones is 1. The van der Waals surface area contributed by atoms with E-state index in [1.54, 1.807) is 60.7 Å². The van der Waals surface area contributed by atoms with E-state index in [0.717, 1.165) is 10.5 Å². The van der Waals surface area contributed by atoms with Gasteiger partial charge < -0.3 is 29.2 Å². The van der Waals surface area contributed by atoms with E-state index in [4.69, 9.17) is 18.9 Å². The molecule has 0 saturated heterocycles. The molecule has 11 nitrogen and oxygen atoms in total. The molecule has 2 aliphatic rings. The number of anilines is 2. The Morgan fingerprint density at radius 2 is 1.60 bits per heavy atom. The van der Waals surface area contributed by atoms with Crippen LogP contribution in [-0.2, 0) is 20.9 Å². The van der Waals surface area contributed by atoms with E-state index in [2.05, 4.69) is 5.32 Å². The molecule has 4 aromatic rings. The van der Waals surface area contributed by atoms with Crippen molar-refractivity contribution in [2.24, 2.45) is 0 Å². The highest BCUT2D eigenvalue weighted by atomic mass is 16.7. The summed E-state index contributed by atoms with van der Waals surface area (Å²) in [5, 5.41) is 2.91. The molecule has 2 heterocycles. The summed E-state index contributed by atoms with van der Waals surface area (Å²) in [6.45, 7) is -0.373. The molecular formula is C34H29N3O8. The van der Waals surface area contributed by atoms with E-state index in [9.17, 15) is 19.2 Å². The maximum absolute atomic E-state index is 14.3. The number of fused-ring (bicyclic) bond motifs is 2. The van der Waals surface area contributed by atoms with Crippen molar-refractivity contribution in [2.75, 3.05) is 37.8 Å². The Kier molecular flexibility index (Phi) is 8.06. The molecule has 0 spiro atoms. The van der Waals surface area contributed by atoms with Gasteiger partial charge in [-0.25, -0.2) is 0 Å². The van der Waals surface area contributed by atoms with Gasteiger partial charge in [0.15, 0.2) is 23.0 Å². The Morgan fingerprint density at radius 3 is 2.38 bits per heavy atom. The number of amides is 3. The van der Waals surface area contributed by atoms with Crippen molar-refractivity contribution in [1.29, 1.82) is 0 Å². The number of hydrogen-bond acceptors (Lipinski definition) is 8. The Bertz CT molecular complexity index is 1790. The molecular weight excluding hydrogens is 578 g/mol. The molecule has 6 rings (SSSR count). The number of ether oxygens (including phenoxy) is 4. The highest BCUT2D eigenvalue weighted by Crippen LogP contribution is 2.37. The van der Waals surface area contributed by atoms with Gasteiger partial charge in [0.1, 0.15) is 12.6 Å². The minimum absolute atomic E-state index is 0.0187. The standard InChI is InChI=1S/C34H29N3O8/c1-42-26-14-12-22(16-28(26)43-2)31(33(40)35-23-13-15-27-29(17-23)45-20-44-27)37(18-21-8-4-3-5-9-21)30(38)19-36-25-11-7-6-10-24(25)32(39)34(36)41/h3-17,31H,18-20H2,1-2H3,(H,35,40). The highest BCUT2D eigenvalue weighted by molar-refractivity contribution is 6.52. The van der Waals surface area contributed by atoms with Gasteiger partial charge in [0.25, 0.3) is 17.6 Å². The molecule has 4 aromatic carbocycles. The molecule has 0 saturated carbocycles. The number of nitrogens with zero attached hydrogens (tertiary/aromatic N) is 2. The lowest BCUT2D eigenvalue weighted by atomic mass is 10.0. The summed E-state index contributed by atoms with van der Waals surface area (Å²) in [5.41, 5.74) is 2.17. The molecule has 1 unspecified atom stereocenters. The number of hydrogen-bond donors (Lipinski definition) is 1. The lowest BCUT2D eigenvalue weighted by molar-refractivity contribution is -0.139. The average molecular weight is 608 g/mol. The van der Waals surface area contributed by atoms with Crippen molar-refractivity contribution < 1.29 is 38.1 Å². The number of methoxy groups -OCH3 is 2. The van der Waals surface area contributed by atoms with Crippen LogP contribution in [0.5, 0.6) is 23.0 Å². The quantitative estimate of drug-likeness (QED) is 0.264. The van der Waals surface area contributed by atoms with E-state index in [0.29, 0.717) is 39.9 Å². The fourth-order valence-electron chi connectivity index (χ4n) is 5.42. The molecule has 11 heteroatoms. The molecule has 1 N–H and O–H groups in total. The van der Waals surface area contributed by atoms with E-state index in [-0.39, 0.29) is 18.9 Å². The molecule has 2 aliphatic heterocycles. The van der Waals surface area contributed by atoms with Crippen molar-refractivity contribution in [3.63, 3.8) is 0 Å². The van der Waals surface area contributed by atoms with Gasteiger partial charge in [-0.15, -0.1) is 0 Å². The molecule has 45 heavy (non-hydrogen) atoms. The van der Waals surface area contributed by atoms with Crippen LogP contribution in [0.4, 0.5) is 11.4 Å². The number of nitrogens with one attached hydrogen (secondary N) is 1. The van der Waals surface area contributed by atoms with Gasteiger partial charge in [-0.05, 0) is 47.5 Å². The first-order valence-electron chi connectivity index (χ1n) is 14.1. The maximum atomic E-state index is 14.3. The second-order valence-electron chi connectivity index (χ2n) is 10.3. The first-order chi connectivity index (χ1) is 21.9. The fourth-order valence-corrected chi connectivity index (χ4v) is 5.42. The molecule has 0 radical (unpaired) electrons. The van der Waals surface area contributed by atoms with Crippen LogP contribution in [0.3, 0.4) is 0 Å². The number of para-hydroxylation sites is 1. The summed E-state index contributed by atoms with van der Waals surface area (Å²) in [7, 11) is 2.97. The van der Waals surface area contributed by atoms with Gasteiger partial charge in [0.2, 0.25) is 12.7 Å². The number of carbonyl (C=O) groups excluding carboxylic acids is 4. The number of benzene rings is 4. The van der Waals surface area contributed by atoms with Gasteiger partial charge in [-0.3, -0.25) is 24.1 Å². The summed E-state index contributed by atoms with van der Waals surface area (Å²) < 4.78 is 21.8. The van der Waals surface area contributed by atoms with Crippen LogP contribution in [0.1, 0.15) is 27.5 Å². The van der Waals surface area contributed by atoms with Crippen molar-refractivity contribution in [2.45, 2.75) is 12.6 Å². The monoisotopic (exact) mass is 607 g/mol. The second kappa shape index (κ2) is 12.4. The van der Waals surface area contributed by atoms with Crippen LogP contribution in [-0.4, -0.2) is 56.0 Å². The predicted octanol–water partition coefficient (Wildman–Crippen LogP) is 4.37. The Hall–Kier alpha value is -5.84. The summed E-state index contributed by atoms with van der Waals surface area (Å²) in [5.74, 6) is -0.764. The Morgan fingerprint density at radius 1 is 0.867 bits per heavy atom. The van der Waals surface area contributed by atoms with Crippen LogP contribution >= 0.6 is 0 Å². The van der Waals surface area contributed by atoms with Crippen LogP contribution in [0.2, 0.25) is 0 Å². The van der Waals surface area contributed by atoms with E-state index < -0.39 is 36.1 Å². The minimum Gasteiger partial charge on any atom is -0.493 e. The van der Waals surface area contributed by atoms with Gasteiger partial charge in [-0.1, -0.05) is 48.5 Å². The van der Waals surface area contributed by atoms with Gasteiger partial charge >= 0.3 is 0 Å². The molecule has 0 bridgehead atoms. The first-order valence-corrected chi connectivity index (χ1v) is 14.1. The third kappa shape index (κ3) is 5.75. The number of carbonyl (C=O) groups is 4. The normalized spacial score (nSPS) is 13.7. The lowest BCUT2D eigenvalue weighted by Crippen LogP contribution is -2.46. The van der Waals surface area contributed by atoms with E-state index in [1.165, 1.54) is 19.1 Å². The molecule has 0 aromatic heterocycles. The number of Topliss-reactive ketones (excluding diaryl/α,β-unsaturated/α-hetero) is 1. The zero-order valence-electron chi connectivity index (χ0n) is 24.5. The lowest BCUT2D eigenvalue weighted by Gasteiger charge is -2.33.